The van der Waals surface area contributed by atoms with Crippen LogP contribution in [-0.4, -0.2) is 29.0 Å². The standard InChI is InChI=1S/C20H19N3O3/c1-23-20(24)15-11-19(26-3)18(25-2)10-14(15)17(22-23)9-12-4-5-16-13(8-12)6-7-21-16/h4-8,10-11,21H,9H2,1-3H3. The lowest BCUT2D eigenvalue weighted by atomic mass is 10.0. The van der Waals surface area contributed by atoms with Crippen molar-refractivity contribution in [3.63, 3.8) is 0 Å². The summed E-state index contributed by atoms with van der Waals surface area (Å²) < 4.78 is 12.1. The number of aromatic nitrogens is 3. The van der Waals surface area contributed by atoms with Gasteiger partial charge in [0.2, 0.25) is 0 Å². The molecular formula is C20H19N3O3. The lowest BCUT2D eigenvalue weighted by molar-refractivity contribution is 0.355. The summed E-state index contributed by atoms with van der Waals surface area (Å²) in [6, 6.07) is 11.8. The molecule has 0 aliphatic rings. The van der Waals surface area contributed by atoms with Crippen LogP contribution in [0, 0.1) is 0 Å². The Labute approximate surface area is 150 Å². The average molecular weight is 349 g/mol. The molecule has 2 aromatic carbocycles. The molecule has 1 N–H and O–H groups in total. The summed E-state index contributed by atoms with van der Waals surface area (Å²) in [5.41, 5.74) is 2.88. The third-order valence-electron chi connectivity index (χ3n) is 4.62. The Hall–Kier alpha value is -3.28. The van der Waals surface area contributed by atoms with E-state index in [1.165, 1.54) is 4.68 Å². The number of aromatic amines is 1. The molecule has 6 nitrogen and oxygen atoms in total. The topological polar surface area (TPSA) is 69.1 Å². The average Bonchev–Trinajstić information content (AvgIpc) is 3.12. The van der Waals surface area contributed by atoms with Crippen LogP contribution in [0.5, 0.6) is 11.5 Å². The summed E-state index contributed by atoms with van der Waals surface area (Å²) in [4.78, 5) is 15.7. The van der Waals surface area contributed by atoms with Gasteiger partial charge < -0.3 is 14.5 Å². The molecule has 0 saturated heterocycles. The maximum Gasteiger partial charge on any atom is 0.274 e. The fraction of sp³-hybridized carbons (Fsp3) is 0.200. The molecule has 0 aliphatic heterocycles. The number of aryl methyl sites for hydroxylation is 1. The zero-order chi connectivity index (χ0) is 18.3. The SMILES string of the molecule is COc1cc2c(Cc3ccc4[nH]ccc4c3)nn(C)c(=O)c2cc1OC. The molecule has 0 saturated carbocycles. The van der Waals surface area contributed by atoms with Gasteiger partial charge in [0.05, 0.1) is 25.3 Å². The lowest BCUT2D eigenvalue weighted by Crippen LogP contribution is -2.21. The first-order valence-electron chi connectivity index (χ1n) is 8.28. The molecule has 6 heteroatoms. The molecule has 4 aromatic rings. The highest BCUT2D eigenvalue weighted by Crippen LogP contribution is 2.32. The van der Waals surface area contributed by atoms with Crippen molar-refractivity contribution in [1.82, 2.24) is 14.8 Å². The molecule has 0 fully saturated rings. The Balaban J connectivity index is 1.90. The van der Waals surface area contributed by atoms with Gasteiger partial charge in [0, 0.05) is 30.6 Å². The van der Waals surface area contributed by atoms with E-state index in [4.69, 9.17) is 9.47 Å². The number of methoxy groups -OCH3 is 2. The van der Waals surface area contributed by atoms with Crippen molar-refractivity contribution in [2.24, 2.45) is 7.05 Å². The van der Waals surface area contributed by atoms with E-state index < -0.39 is 0 Å². The van der Waals surface area contributed by atoms with Crippen LogP contribution in [0.25, 0.3) is 21.7 Å². The van der Waals surface area contributed by atoms with Crippen molar-refractivity contribution in [1.29, 1.82) is 0 Å². The van der Waals surface area contributed by atoms with Crippen LogP contribution < -0.4 is 15.0 Å². The van der Waals surface area contributed by atoms with Gasteiger partial charge in [-0.2, -0.15) is 5.10 Å². The van der Waals surface area contributed by atoms with Crippen LogP contribution in [0.4, 0.5) is 0 Å². The number of nitrogens with one attached hydrogen (secondary N) is 1. The summed E-state index contributed by atoms with van der Waals surface area (Å²) >= 11 is 0. The minimum atomic E-state index is -0.161. The van der Waals surface area contributed by atoms with E-state index in [1.807, 2.05) is 18.3 Å². The normalized spacial score (nSPS) is 11.2. The van der Waals surface area contributed by atoms with E-state index >= 15 is 0 Å². The van der Waals surface area contributed by atoms with Crippen LogP contribution >= 0.6 is 0 Å². The number of nitrogens with zero attached hydrogens (tertiary/aromatic N) is 2. The number of hydrogen-bond acceptors (Lipinski definition) is 4. The number of hydrogen-bond donors (Lipinski definition) is 1. The summed E-state index contributed by atoms with van der Waals surface area (Å²) in [5, 5.41) is 6.99. The number of fused-ring (bicyclic) bond motifs is 2. The number of H-pyrrole nitrogens is 1. The van der Waals surface area contributed by atoms with E-state index in [-0.39, 0.29) is 5.56 Å². The maximum atomic E-state index is 12.5. The summed E-state index contributed by atoms with van der Waals surface area (Å²) in [6.07, 6.45) is 2.53. The number of ether oxygens (including phenoxy) is 2. The van der Waals surface area contributed by atoms with Gasteiger partial charge >= 0.3 is 0 Å². The molecule has 4 rings (SSSR count). The minimum absolute atomic E-state index is 0.161. The highest BCUT2D eigenvalue weighted by atomic mass is 16.5. The Morgan fingerprint density at radius 2 is 1.77 bits per heavy atom. The van der Waals surface area contributed by atoms with Gasteiger partial charge in [-0.15, -0.1) is 0 Å². The highest BCUT2D eigenvalue weighted by Gasteiger charge is 2.15. The number of rotatable bonds is 4. The Kier molecular flexibility index (Phi) is 3.88. The molecule has 0 spiro atoms. The zero-order valence-electron chi connectivity index (χ0n) is 14.9. The van der Waals surface area contributed by atoms with E-state index in [1.54, 1.807) is 27.3 Å². The van der Waals surface area contributed by atoms with Crippen LogP contribution in [0.1, 0.15) is 11.3 Å². The Bertz CT molecular complexity index is 1170. The van der Waals surface area contributed by atoms with Crippen molar-refractivity contribution in [3.05, 3.63) is 64.2 Å². The second-order valence-electron chi connectivity index (χ2n) is 6.20. The van der Waals surface area contributed by atoms with E-state index in [2.05, 4.69) is 28.3 Å². The quantitative estimate of drug-likeness (QED) is 0.615. The van der Waals surface area contributed by atoms with Crippen LogP contribution in [0.3, 0.4) is 0 Å². The van der Waals surface area contributed by atoms with E-state index in [9.17, 15) is 4.79 Å². The molecule has 0 atom stereocenters. The first kappa shape index (κ1) is 16.2. The van der Waals surface area contributed by atoms with Gasteiger partial charge in [0.1, 0.15) is 0 Å². The molecule has 0 aliphatic carbocycles. The van der Waals surface area contributed by atoms with Crippen molar-refractivity contribution in [3.8, 4) is 11.5 Å². The maximum absolute atomic E-state index is 12.5. The molecule has 0 radical (unpaired) electrons. The Morgan fingerprint density at radius 3 is 2.50 bits per heavy atom. The van der Waals surface area contributed by atoms with Gasteiger partial charge in [-0.3, -0.25) is 4.79 Å². The molecule has 26 heavy (non-hydrogen) atoms. The third kappa shape index (κ3) is 2.60. The number of benzene rings is 2. The van der Waals surface area contributed by atoms with Gasteiger partial charge in [-0.25, -0.2) is 4.68 Å². The Morgan fingerprint density at radius 1 is 1.04 bits per heavy atom. The van der Waals surface area contributed by atoms with Crippen LogP contribution in [-0.2, 0) is 13.5 Å². The van der Waals surface area contributed by atoms with Crippen LogP contribution in [0.2, 0.25) is 0 Å². The molecule has 0 unspecified atom stereocenters. The second kappa shape index (κ2) is 6.22. The molecule has 2 heterocycles. The van der Waals surface area contributed by atoms with E-state index in [0.29, 0.717) is 23.3 Å². The summed E-state index contributed by atoms with van der Waals surface area (Å²) in [5.74, 6) is 1.11. The first-order chi connectivity index (χ1) is 12.6. The molecule has 0 bridgehead atoms. The predicted octanol–water partition coefficient (Wildman–Crippen LogP) is 3.02. The van der Waals surface area contributed by atoms with Crippen molar-refractivity contribution in [2.45, 2.75) is 6.42 Å². The van der Waals surface area contributed by atoms with Gasteiger partial charge in [0.25, 0.3) is 5.56 Å². The second-order valence-corrected chi connectivity index (χ2v) is 6.20. The van der Waals surface area contributed by atoms with Crippen molar-refractivity contribution < 1.29 is 9.47 Å². The summed E-state index contributed by atoms with van der Waals surface area (Å²) in [7, 11) is 4.80. The molecule has 2 aromatic heterocycles. The molecule has 0 amide bonds. The largest absolute Gasteiger partial charge is 0.493 e. The molecular weight excluding hydrogens is 330 g/mol. The monoisotopic (exact) mass is 349 g/mol. The fourth-order valence-corrected chi connectivity index (χ4v) is 3.29. The third-order valence-corrected chi connectivity index (χ3v) is 4.62. The van der Waals surface area contributed by atoms with Crippen LogP contribution in [0.15, 0.2) is 47.4 Å². The van der Waals surface area contributed by atoms with Gasteiger partial charge in [-0.1, -0.05) is 6.07 Å². The zero-order valence-corrected chi connectivity index (χ0v) is 14.9. The summed E-state index contributed by atoms with van der Waals surface area (Å²) in [6.45, 7) is 0. The van der Waals surface area contributed by atoms with E-state index in [0.717, 1.165) is 27.5 Å². The first-order valence-corrected chi connectivity index (χ1v) is 8.28. The van der Waals surface area contributed by atoms with Crippen molar-refractivity contribution >= 4 is 21.7 Å². The smallest absolute Gasteiger partial charge is 0.274 e. The highest BCUT2D eigenvalue weighted by molar-refractivity contribution is 5.87. The predicted molar refractivity (Wildman–Crippen MR) is 101 cm³/mol. The molecule has 132 valence electrons. The van der Waals surface area contributed by atoms with Gasteiger partial charge in [0.15, 0.2) is 11.5 Å². The van der Waals surface area contributed by atoms with Crippen molar-refractivity contribution in [2.75, 3.05) is 14.2 Å². The minimum Gasteiger partial charge on any atom is -0.493 e. The lowest BCUT2D eigenvalue weighted by Gasteiger charge is -2.12. The fourth-order valence-electron chi connectivity index (χ4n) is 3.29. The van der Waals surface area contributed by atoms with Gasteiger partial charge in [-0.05, 0) is 41.3 Å².